The molecule has 1 aromatic carbocycles. The molecule has 0 aliphatic rings. The molecule has 92 valence electrons. The van der Waals surface area contributed by atoms with Crippen LogP contribution in [0.25, 0.3) is 0 Å². The molecule has 17 heavy (non-hydrogen) atoms. The summed E-state index contributed by atoms with van der Waals surface area (Å²) in [6.07, 6.45) is 1.85. The molecule has 4 heteroatoms. The van der Waals surface area contributed by atoms with Gasteiger partial charge in [0.25, 0.3) is 0 Å². The van der Waals surface area contributed by atoms with Crippen molar-refractivity contribution in [3.8, 4) is 0 Å². The minimum Gasteiger partial charge on any atom is -0.480 e. The number of carboxylic acid groups (broad SMARTS) is 1. The number of nitrogens with one attached hydrogen (secondary N) is 1. The van der Waals surface area contributed by atoms with Gasteiger partial charge in [0.2, 0.25) is 6.41 Å². The summed E-state index contributed by atoms with van der Waals surface area (Å²) in [6.45, 7) is 1.76. The molecule has 0 aliphatic carbocycles. The summed E-state index contributed by atoms with van der Waals surface area (Å²) in [5, 5.41) is 11.6. The molecule has 1 unspecified atom stereocenters. The molecule has 0 radical (unpaired) electrons. The molecule has 0 bridgehead atoms. The first-order valence-corrected chi connectivity index (χ1v) is 5.63. The fraction of sp³-hybridized carbons (Fsp3) is 0.385. The van der Waals surface area contributed by atoms with Gasteiger partial charge in [-0.05, 0) is 24.8 Å². The third kappa shape index (κ3) is 3.31. The SMILES string of the molecule is CCC(CCc1ccccc1)(NC=O)C(=O)O. The van der Waals surface area contributed by atoms with Crippen molar-refractivity contribution in [2.24, 2.45) is 0 Å². The molecule has 1 aromatic rings. The van der Waals surface area contributed by atoms with Crippen LogP contribution in [0.1, 0.15) is 25.3 Å². The highest BCUT2D eigenvalue weighted by Crippen LogP contribution is 2.18. The Morgan fingerprint density at radius 3 is 2.53 bits per heavy atom. The number of amides is 1. The Morgan fingerprint density at radius 1 is 1.41 bits per heavy atom. The van der Waals surface area contributed by atoms with Crippen LogP contribution in [0.3, 0.4) is 0 Å². The van der Waals surface area contributed by atoms with Crippen LogP contribution in [0.15, 0.2) is 30.3 Å². The van der Waals surface area contributed by atoms with Crippen LogP contribution in [0.2, 0.25) is 0 Å². The molecule has 4 nitrogen and oxygen atoms in total. The number of aryl methyl sites for hydroxylation is 1. The zero-order valence-electron chi connectivity index (χ0n) is 9.85. The van der Waals surface area contributed by atoms with E-state index in [9.17, 15) is 14.7 Å². The lowest BCUT2D eigenvalue weighted by Crippen LogP contribution is -2.51. The second-order valence-electron chi connectivity index (χ2n) is 3.99. The molecule has 0 saturated heterocycles. The molecule has 0 aliphatic heterocycles. The van der Waals surface area contributed by atoms with E-state index >= 15 is 0 Å². The third-order valence-corrected chi connectivity index (χ3v) is 3.03. The molecule has 1 atom stereocenters. The van der Waals surface area contributed by atoms with Crippen LogP contribution in [0.4, 0.5) is 0 Å². The van der Waals surface area contributed by atoms with Gasteiger partial charge in [0.1, 0.15) is 5.54 Å². The van der Waals surface area contributed by atoms with Crippen LogP contribution in [-0.4, -0.2) is 23.0 Å². The third-order valence-electron chi connectivity index (χ3n) is 3.03. The van der Waals surface area contributed by atoms with E-state index in [0.717, 1.165) is 5.56 Å². The van der Waals surface area contributed by atoms with Crippen molar-refractivity contribution in [2.75, 3.05) is 0 Å². The summed E-state index contributed by atoms with van der Waals surface area (Å²) in [5.74, 6) is -0.983. The van der Waals surface area contributed by atoms with Gasteiger partial charge in [0.15, 0.2) is 0 Å². The van der Waals surface area contributed by atoms with Gasteiger partial charge in [0, 0.05) is 0 Å². The smallest absolute Gasteiger partial charge is 0.329 e. The maximum atomic E-state index is 11.2. The summed E-state index contributed by atoms with van der Waals surface area (Å²) in [4.78, 5) is 21.8. The number of benzene rings is 1. The Morgan fingerprint density at radius 2 is 2.06 bits per heavy atom. The Balaban J connectivity index is 2.73. The number of carboxylic acids is 1. The second-order valence-corrected chi connectivity index (χ2v) is 3.99. The van der Waals surface area contributed by atoms with E-state index in [0.29, 0.717) is 25.7 Å². The Kier molecular flexibility index (Phi) is 4.69. The average molecular weight is 235 g/mol. The van der Waals surface area contributed by atoms with E-state index in [1.807, 2.05) is 30.3 Å². The Hall–Kier alpha value is -1.84. The normalized spacial score (nSPS) is 13.7. The van der Waals surface area contributed by atoms with Crippen molar-refractivity contribution < 1.29 is 14.7 Å². The van der Waals surface area contributed by atoms with Gasteiger partial charge in [-0.3, -0.25) is 4.79 Å². The van der Waals surface area contributed by atoms with Gasteiger partial charge in [-0.25, -0.2) is 4.79 Å². The Labute approximate surface area is 101 Å². The lowest BCUT2D eigenvalue weighted by molar-refractivity contribution is -0.146. The maximum Gasteiger partial charge on any atom is 0.329 e. The number of hydrogen-bond donors (Lipinski definition) is 2. The van der Waals surface area contributed by atoms with Crippen LogP contribution in [0, 0.1) is 0 Å². The summed E-state index contributed by atoms with van der Waals surface area (Å²) >= 11 is 0. The average Bonchev–Trinajstić information content (AvgIpc) is 2.35. The van der Waals surface area contributed by atoms with Gasteiger partial charge in [-0.15, -0.1) is 0 Å². The summed E-state index contributed by atoms with van der Waals surface area (Å²) in [6, 6.07) is 9.64. The number of carbonyl (C=O) groups excluding carboxylic acids is 1. The van der Waals surface area contributed by atoms with E-state index in [1.165, 1.54) is 0 Å². The summed E-state index contributed by atoms with van der Waals surface area (Å²) in [7, 11) is 0. The highest BCUT2D eigenvalue weighted by Gasteiger charge is 2.35. The zero-order valence-corrected chi connectivity index (χ0v) is 9.85. The number of aliphatic carboxylic acids is 1. The number of hydrogen-bond acceptors (Lipinski definition) is 2. The van der Waals surface area contributed by atoms with Crippen molar-refractivity contribution in [3.05, 3.63) is 35.9 Å². The summed E-state index contributed by atoms with van der Waals surface area (Å²) < 4.78 is 0. The predicted molar refractivity (Wildman–Crippen MR) is 64.6 cm³/mol. The van der Waals surface area contributed by atoms with Crippen LogP contribution >= 0.6 is 0 Å². The topological polar surface area (TPSA) is 66.4 Å². The lowest BCUT2D eigenvalue weighted by Gasteiger charge is -2.27. The van der Waals surface area contributed by atoms with Crippen LogP contribution in [0.5, 0.6) is 0 Å². The molecule has 1 amide bonds. The van der Waals surface area contributed by atoms with Gasteiger partial charge in [-0.2, -0.15) is 0 Å². The van der Waals surface area contributed by atoms with Crippen molar-refractivity contribution in [1.82, 2.24) is 5.32 Å². The van der Waals surface area contributed by atoms with E-state index in [1.54, 1.807) is 6.92 Å². The van der Waals surface area contributed by atoms with Crippen molar-refractivity contribution >= 4 is 12.4 Å². The molecule has 0 heterocycles. The van der Waals surface area contributed by atoms with Gasteiger partial charge in [0.05, 0.1) is 0 Å². The fourth-order valence-corrected chi connectivity index (χ4v) is 1.79. The quantitative estimate of drug-likeness (QED) is 0.705. The molecule has 0 aromatic heterocycles. The summed E-state index contributed by atoms with van der Waals surface area (Å²) in [5.41, 5.74) is -0.0864. The van der Waals surface area contributed by atoms with Gasteiger partial charge in [-0.1, -0.05) is 37.3 Å². The van der Waals surface area contributed by atoms with E-state index in [2.05, 4.69) is 5.32 Å². The lowest BCUT2D eigenvalue weighted by atomic mass is 9.89. The largest absolute Gasteiger partial charge is 0.480 e. The molecule has 2 N–H and O–H groups in total. The predicted octanol–water partition coefficient (Wildman–Crippen LogP) is 1.60. The van der Waals surface area contributed by atoms with Gasteiger partial charge >= 0.3 is 5.97 Å². The van der Waals surface area contributed by atoms with Crippen LogP contribution in [-0.2, 0) is 16.0 Å². The molecular formula is C13H17NO3. The molecular weight excluding hydrogens is 218 g/mol. The maximum absolute atomic E-state index is 11.2. The minimum absolute atomic E-state index is 0.369. The Bertz CT molecular complexity index is 378. The standard InChI is InChI=1S/C13H17NO3/c1-2-13(12(16)17,14-10-15)9-8-11-6-4-3-5-7-11/h3-7,10H,2,8-9H2,1H3,(H,14,15)(H,16,17). The first-order chi connectivity index (χ1) is 8.14. The van der Waals surface area contributed by atoms with Crippen LogP contribution < -0.4 is 5.32 Å². The highest BCUT2D eigenvalue weighted by molar-refractivity contribution is 5.81. The monoisotopic (exact) mass is 235 g/mol. The molecule has 0 fully saturated rings. The highest BCUT2D eigenvalue weighted by atomic mass is 16.4. The number of rotatable bonds is 7. The van der Waals surface area contributed by atoms with Crippen molar-refractivity contribution in [2.45, 2.75) is 31.7 Å². The molecule has 0 spiro atoms. The molecule has 1 rings (SSSR count). The minimum atomic E-state index is -1.16. The first-order valence-electron chi connectivity index (χ1n) is 5.63. The number of carbonyl (C=O) groups is 2. The van der Waals surface area contributed by atoms with E-state index in [4.69, 9.17) is 0 Å². The van der Waals surface area contributed by atoms with E-state index < -0.39 is 11.5 Å². The second kappa shape index (κ2) is 6.03. The molecule has 0 saturated carbocycles. The first kappa shape index (κ1) is 13.2. The van der Waals surface area contributed by atoms with Gasteiger partial charge < -0.3 is 10.4 Å². The fourth-order valence-electron chi connectivity index (χ4n) is 1.79. The zero-order chi connectivity index (χ0) is 12.7. The van der Waals surface area contributed by atoms with Crippen molar-refractivity contribution in [1.29, 1.82) is 0 Å². The van der Waals surface area contributed by atoms with Crippen molar-refractivity contribution in [3.63, 3.8) is 0 Å². The van der Waals surface area contributed by atoms with E-state index in [-0.39, 0.29) is 0 Å².